The monoisotopic (exact) mass is 422 g/mol. The van der Waals surface area contributed by atoms with Gasteiger partial charge in [0.25, 0.3) is 5.91 Å². The molecule has 1 aromatic heterocycles. The zero-order valence-electron chi connectivity index (χ0n) is 15.9. The van der Waals surface area contributed by atoms with E-state index in [1.165, 1.54) is 11.8 Å². The third kappa shape index (κ3) is 4.60. The quantitative estimate of drug-likeness (QED) is 0.521. The summed E-state index contributed by atoms with van der Waals surface area (Å²) in [5.41, 5.74) is 3.50. The van der Waals surface area contributed by atoms with Crippen molar-refractivity contribution in [3.63, 3.8) is 0 Å². The normalized spacial score (nSPS) is 15.2. The van der Waals surface area contributed by atoms with Crippen LogP contribution in [0.5, 0.6) is 0 Å². The van der Waals surface area contributed by atoms with E-state index in [-0.39, 0.29) is 5.91 Å². The number of hydrogen-bond donors (Lipinski definition) is 2. The van der Waals surface area contributed by atoms with Crippen LogP contribution in [0, 0.1) is 0 Å². The maximum atomic E-state index is 12.4. The number of pyridine rings is 1. The fourth-order valence-electron chi connectivity index (χ4n) is 2.96. The van der Waals surface area contributed by atoms with Crippen molar-refractivity contribution < 1.29 is 4.79 Å². The van der Waals surface area contributed by atoms with Crippen molar-refractivity contribution in [2.75, 3.05) is 10.6 Å². The minimum absolute atomic E-state index is 0.267. The number of hydrogen-bond acceptors (Lipinski definition) is 5. The second-order valence-corrected chi connectivity index (χ2v) is 8.34. The van der Waals surface area contributed by atoms with E-state index in [0.717, 1.165) is 22.2 Å². The van der Waals surface area contributed by atoms with Crippen LogP contribution in [0.3, 0.4) is 0 Å². The Morgan fingerprint density at radius 2 is 2.00 bits per heavy atom. The first kappa shape index (κ1) is 19.5. The molecule has 3 aromatic rings. The molecule has 5 nitrogen and oxygen atoms in total. The molecule has 7 heteroatoms. The summed E-state index contributed by atoms with van der Waals surface area (Å²) in [5, 5.41) is 8.60. The number of fused-ring (bicyclic) bond motifs is 1. The van der Waals surface area contributed by atoms with Crippen LogP contribution in [0.2, 0.25) is 5.02 Å². The highest BCUT2D eigenvalue weighted by Gasteiger charge is 2.22. The van der Waals surface area contributed by atoms with Crippen LogP contribution < -0.4 is 10.6 Å². The third-order valence-electron chi connectivity index (χ3n) is 4.21. The van der Waals surface area contributed by atoms with Gasteiger partial charge in [0.2, 0.25) is 0 Å². The average Bonchev–Trinajstić information content (AvgIpc) is 3.03. The number of benzene rings is 2. The SMILES string of the molecule is CC(C)Nc1ccc(Cl)c(NC2=NC(=O)/C(=C/c3ccc4ncccc4c3)S2)c1. The van der Waals surface area contributed by atoms with Crippen molar-refractivity contribution >= 4 is 62.8 Å². The zero-order valence-corrected chi connectivity index (χ0v) is 17.5. The van der Waals surface area contributed by atoms with Gasteiger partial charge in [-0.15, -0.1) is 0 Å². The van der Waals surface area contributed by atoms with Gasteiger partial charge in [0.1, 0.15) is 0 Å². The molecule has 0 radical (unpaired) electrons. The summed E-state index contributed by atoms with van der Waals surface area (Å²) in [6, 6.07) is 15.7. The van der Waals surface area contributed by atoms with Gasteiger partial charge < -0.3 is 10.6 Å². The Bertz CT molecular complexity index is 1160. The van der Waals surface area contributed by atoms with E-state index >= 15 is 0 Å². The van der Waals surface area contributed by atoms with E-state index in [2.05, 4.69) is 34.5 Å². The van der Waals surface area contributed by atoms with Gasteiger partial charge in [-0.2, -0.15) is 4.99 Å². The summed E-state index contributed by atoms with van der Waals surface area (Å²) >= 11 is 7.61. The topological polar surface area (TPSA) is 66.4 Å². The number of nitrogens with zero attached hydrogens (tertiary/aromatic N) is 2. The molecule has 0 bridgehead atoms. The molecule has 2 aromatic carbocycles. The zero-order chi connectivity index (χ0) is 20.4. The van der Waals surface area contributed by atoms with Gasteiger partial charge in [0.05, 0.1) is 21.1 Å². The molecule has 0 fully saturated rings. The number of rotatable bonds is 4. The summed E-state index contributed by atoms with van der Waals surface area (Å²) in [5.74, 6) is -0.267. The van der Waals surface area contributed by atoms with Gasteiger partial charge >= 0.3 is 0 Å². The van der Waals surface area contributed by atoms with Crippen molar-refractivity contribution in [1.29, 1.82) is 0 Å². The fraction of sp³-hybridized carbons (Fsp3) is 0.136. The number of amides is 1. The number of carbonyl (C=O) groups excluding carboxylic acids is 1. The summed E-state index contributed by atoms with van der Waals surface area (Å²) in [7, 11) is 0. The number of amidine groups is 1. The molecule has 0 unspecified atom stereocenters. The van der Waals surface area contributed by atoms with Gasteiger partial charge in [-0.3, -0.25) is 9.78 Å². The van der Waals surface area contributed by atoms with Gasteiger partial charge in [-0.05, 0) is 73.6 Å². The average molecular weight is 423 g/mol. The molecule has 0 saturated heterocycles. The maximum Gasteiger partial charge on any atom is 0.286 e. The molecular weight excluding hydrogens is 404 g/mol. The molecule has 0 spiro atoms. The molecule has 2 heterocycles. The van der Waals surface area contributed by atoms with E-state index in [0.29, 0.717) is 26.8 Å². The van der Waals surface area contributed by atoms with Gasteiger partial charge in [-0.25, -0.2) is 0 Å². The number of carbonyl (C=O) groups is 1. The number of aliphatic imine (C=N–C) groups is 1. The summed E-state index contributed by atoms with van der Waals surface area (Å²) < 4.78 is 0. The van der Waals surface area contributed by atoms with Crippen molar-refractivity contribution in [2.24, 2.45) is 4.99 Å². The smallest absolute Gasteiger partial charge is 0.286 e. The lowest BCUT2D eigenvalue weighted by Gasteiger charge is -2.13. The Balaban J connectivity index is 1.52. The Morgan fingerprint density at radius 1 is 1.14 bits per heavy atom. The van der Waals surface area contributed by atoms with E-state index in [4.69, 9.17) is 11.6 Å². The molecule has 1 amide bonds. The van der Waals surface area contributed by atoms with Crippen LogP contribution in [-0.4, -0.2) is 22.1 Å². The van der Waals surface area contributed by atoms with Crippen molar-refractivity contribution in [3.8, 4) is 0 Å². The largest absolute Gasteiger partial charge is 0.383 e. The van der Waals surface area contributed by atoms with Crippen LogP contribution in [0.4, 0.5) is 11.4 Å². The minimum atomic E-state index is -0.267. The lowest BCUT2D eigenvalue weighted by Crippen LogP contribution is -2.11. The Labute approximate surface area is 178 Å². The van der Waals surface area contributed by atoms with E-state index in [1.54, 1.807) is 6.20 Å². The van der Waals surface area contributed by atoms with Crippen LogP contribution in [0.25, 0.3) is 17.0 Å². The highest BCUT2D eigenvalue weighted by molar-refractivity contribution is 8.18. The third-order valence-corrected chi connectivity index (χ3v) is 5.44. The Morgan fingerprint density at radius 3 is 2.83 bits per heavy atom. The summed E-state index contributed by atoms with van der Waals surface area (Å²) in [6.07, 6.45) is 3.61. The highest BCUT2D eigenvalue weighted by Crippen LogP contribution is 2.32. The predicted octanol–water partition coefficient (Wildman–Crippen LogP) is 5.79. The lowest BCUT2D eigenvalue weighted by atomic mass is 10.1. The number of halogens is 1. The minimum Gasteiger partial charge on any atom is -0.383 e. The van der Waals surface area contributed by atoms with E-state index in [9.17, 15) is 4.79 Å². The number of anilines is 2. The molecule has 0 aliphatic carbocycles. The first-order valence-electron chi connectivity index (χ1n) is 9.18. The van der Waals surface area contributed by atoms with Crippen LogP contribution in [0.1, 0.15) is 19.4 Å². The number of nitrogens with one attached hydrogen (secondary N) is 2. The second-order valence-electron chi connectivity index (χ2n) is 6.91. The number of thioether (sulfide) groups is 1. The molecule has 2 N–H and O–H groups in total. The van der Waals surface area contributed by atoms with Gasteiger partial charge in [0, 0.05) is 23.3 Å². The van der Waals surface area contributed by atoms with Crippen LogP contribution in [0.15, 0.2) is 64.6 Å². The van der Waals surface area contributed by atoms with Crippen LogP contribution in [-0.2, 0) is 4.79 Å². The summed E-state index contributed by atoms with van der Waals surface area (Å²) in [6.45, 7) is 4.13. The predicted molar refractivity (Wildman–Crippen MR) is 124 cm³/mol. The Hall–Kier alpha value is -2.83. The second kappa shape index (κ2) is 8.27. The Kier molecular flexibility index (Phi) is 5.56. The first-order valence-corrected chi connectivity index (χ1v) is 10.4. The first-order chi connectivity index (χ1) is 14.0. The number of aromatic nitrogens is 1. The molecular formula is C22H19ClN4OS. The van der Waals surface area contributed by atoms with E-state index in [1.807, 2.05) is 54.6 Å². The highest BCUT2D eigenvalue weighted by atomic mass is 35.5. The molecule has 1 aliphatic heterocycles. The molecule has 4 rings (SSSR count). The van der Waals surface area contributed by atoms with Crippen molar-refractivity contribution in [1.82, 2.24) is 4.98 Å². The fourth-order valence-corrected chi connectivity index (χ4v) is 3.95. The standard InChI is InChI=1S/C22H19ClN4OS/c1-13(2)25-16-6-7-17(23)19(12-16)26-22-27-21(28)20(29-22)11-14-5-8-18-15(10-14)4-3-9-24-18/h3-13,25H,1-2H3,(H,26,27,28)/b20-11-. The molecule has 146 valence electrons. The van der Waals surface area contributed by atoms with Crippen molar-refractivity contribution in [2.45, 2.75) is 19.9 Å². The lowest BCUT2D eigenvalue weighted by molar-refractivity contribution is -0.113. The van der Waals surface area contributed by atoms with Gasteiger partial charge in [-0.1, -0.05) is 23.7 Å². The maximum absolute atomic E-state index is 12.4. The van der Waals surface area contributed by atoms with Gasteiger partial charge in [0.15, 0.2) is 5.17 Å². The molecule has 1 aliphatic rings. The van der Waals surface area contributed by atoms with Crippen molar-refractivity contribution in [3.05, 3.63) is 70.2 Å². The summed E-state index contributed by atoms with van der Waals surface area (Å²) in [4.78, 5) is 21.4. The molecule has 0 saturated carbocycles. The molecule has 29 heavy (non-hydrogen) atoms. The van der Waals surface area contributed by atoms with Crippen LogP contribution >= 0.6 is 23.4 Å². The van der Waals surface area contributed by atoms with E-state index < -0.39 is 0 Å². The molecule has 0 atom stereocenters.